The zero-order chi connectivity index (χ0) is 18.8. The van der Waals surface area contributed by atoms with Crippen LogP contribution in [0.3, 0.4) is 0 Å². The molecule has 0 aliphatic heterocycles. The molecule has 1 amide bonds. The van der Waals surface area contributed by atoms with E-state index in [4.69, 9.17) is 10.2 Å². The Morgan fingerprint density at radius 3 is 2.35 bits per heavy atom. The minimum atomic E-state index is -1.14. The molecule has 3 N–H and O–H groups in total. The molecular formula is C17H13F2N3O3S. The molecule has 0 saturated heterocycles. The predicted octanol–water partition coefficient (Wildman–Crippen LogP) is 3.20. The number of hydrogen-bond donors (Lipinski definition) is 2. The number of hydrogen-bond acceptors (Lipinski definition) is 5. The van der Waals surface area contributed by atoms with Crippen LogP contribution in [0.2, 0.25) is 0 Å². The monoisotopic (exact) mass is 377 g/mol. The van der Waals surface area contributed by atoms with Crippen LogP contribution in [-0.2, 0) is 11.2 Å². The Morgan fingerprint density at radius 2 is 1.81 bits per heavy atom. The van der Waals surface area contributed by atoms with Gasteiger partial charge in [-0.1, -0.05) is 6.07 Å². The van der Waals surface area contributed by atoms with Gasteiger partial charge in [0, 0.05) is 5.69 Å². The molecule has 1 unspecified atom stereocenters. The summed E-state index contributed by atoms with van der Waals surface area (Å²) in [5, 5.41) is 2.78. The Bertz CT molecular complexity index is 938. The zero-order valence-corrected chi connectivity index (χ0v) is 14.3. The van der Waals surface area contributed by atoms with Gasteiger partial charge in [0.05, 0.1) is 0 Å². The third-order valence-electron chi connectivity index (χ3n) is 3.48. The number of oxazole rings is 1. The van der Waals surface area contributed by atoms with E-state index in [0.29, 0.717) is 10.6 Å². The Morgan fingerprint density at radius 1 is 1.19 bits per heavy atom. The second kappa shape index (κ2) is 7.14. The first kappa shape index (κ1) is 17.9. The number of amides is 1. The van der Waals surface area contributed by atoms with Crippen LogP contribution >= 0.6 is 0 Å². The van der Waals surface area contributed by atoms with Crippen molar-refractivity contribution in [3.8, 4) is 11.5 Å². The lowest BCUT2D eigenvalue weighted by molar-refractivity contribution is 0.0996. The van der Waals surface area contributed by atoms with Crippen molar-refractivity contribution in [3.05, 3.63) is 59.8 Å². The summed E-state index contributed by atoms with van der Waals surface area (Å²) in [5.41, 5.74) is 4.95. The third-order valence-corrected chi connectivity index (χ3v) is 4.42. The molecule has 0 aliphatic rings. The highest BCUT2D eigenvalue weighted by atomic mass is 32.2. The maximum atomic E-state index is 13.9. The number of rotatable bonds is 5. The van der Waals surface area contributed by atoms with Crippen LogP contribution in [0.4, 0.5) is 20.4 Å². The Labute approximate surface area is 150 Å². The average Bonchev–Trinajstić information content (AvgIpc) is 2.99. The molecule has 6 nitrogen and oxygen atoms in total. The second-order valence-corrected chi connectivity index (χ2v) is 6.64. The van der Waals surface area contributed by atoms with Crippen molar-refractivity contribution in [2.45, 2.75) is 4.90 Å². The third kappa shape index (κ3) is 3.53. The van der Waals surface area contributed by atoms with Gasteiger partial charge in [-0.2, -0.15) is 0 Å². The van der Waals surface area contributed by atoms with Gasteiger partial charge in [-0.05, 0) is 47.6 Å². The molecule has 1 heterocycles. The van der Waals surface area contributed by atoms with E-state index >= 15 is 0 Å². The number of carbonyl (C=O) groups excluding carboxylic acids is 1. The van der Waals surface area contributed by atoms with E-state index in [1.165, 1.54) is 6.07 Å². The van der Waals surface area contributed by atoms with Gasteiger partial charge in [-0.15, -0.1) is 0 Å². The molecule has 2 aromatic carbocycles. The van der Waals surface area contributed by atoms with E-state index in [9.17, 15) is 18.1 Å². The van der Waals surface area contributed by atoms with Gasteiger partial charge >= 0.3 is 0 Å². The van der Waals surface area contributed by atoms with Crippen molar-refractivity contribution in [1.29, 1.82) is 0 Å². The fourth-order valence-corrected chi connectivity index (χ4v) is 2.76. The van der Waals surface area contributed by atoms with Crippen LogP contribution in [0.5, 0.6) is 0 Å². The van der Waals surface area contributed by atoms with Crippen LogP contribution in [-0.4, -0.2) is 21.7 Å². The molecule has 1 aromatic heterocycles. The fourth-order valence-electron chi connectivity index (χ4n) is 2.24. The van der Waals surface area contributed by atoms with Crippen molar-refractivity contribution < 1.29 is 22.5 Å². The van der Waals surface area contributed by atoms with E-state index in [1.54, 1.807) is 30.5 Å². The number of halogens is 2. The molecule has 0 aliphatic carbocycles. The maximum Gasteiger partial charge on any atom is 0.273 e. The molecule has 0 spiro atoms. The summed E-state index contributed by atoms with van der Waals surface area (Å²) < 4.78 is 44.6. The van der Waals surface area contributed by atoms with Crippen molar-refractivity contribution in [1.82, 2.24) is 4.98 Å². The minimum absolute atomic E-state index is 0.152. The quantitative estimate of drug-likeness (QED) is 0.665. The highest BCUT2D eigenvalue weighted by molar-refractivity contribution is 7.90. The highest BCUT2D eigenvalue weighted by Crippen LogP contribution is 2.31. The zero-order valence-electron chi connectivity index (χ0n) is 13.5. The summed E-state index contributed by atoms with van der Waals surface area (Å²) in [7, 11) is 0. The van der Waals surface area contributed by atoms with Gasteiger partial charge in [0.2, 0.25) is 11.8 Å². The van der Waals surface area contributed by atoms with E-state index in [2.05, 4.69) is 10.3 Å². The van der Waals surface area contributed by atoms with E-state index in [1.807, 2.05) is 0 Å². The molecule has 0 radical (unpaired) electrons. The van der Waals surface area contributed by atoms with Gasteiger partial charge in [0.1, 0.15) is 23.5 Å². The van der Waals surface area contributed by atoms with Crippen molar-refractivity contribution >= 4 is 28.7 Å². The number of primary amides is 1. The Kier molecular flexibility index (Phi) is 4.92. The van der Waals surface area contributed by atoms with Gasteiger partial charge in [-0.25, -0.2) is 13.8 Å². The van der Waals surface area contributed by atoms with Crippen LogP contribution in [0.15, 0.2) is 51.8 Å². The normalized spacial score (nSPS) is 12.0. The lowest BCUT2D eigenvalue weighted by Crippen LogP contribution is -2.13. The van der Waals surface area contributed by atoms with Crippen molar-refractivity contribution in [2.24, 2.45) is 5.73 Å². The average molecular weight is 377 g/mol. The van der Waals surface area contributed by atoms with Crippen LogP contribution in [0, 0.1) is 11.6 Å². The molecule has 26 heavy (non-hydrogen) atoms. The number of benzene rings is 2. The summed E-state index contributed by atoms with van der Waals surface area (Å²) in [6, 6.07) is 9.74. The summed E-state index contributed by atoms with van der Waals surface area (Å²) >= 11 is -1.14. The first-order valence-electron chi connectivity index (χ1n) is 7.32. The summed E-state index contributed by atoms with van der Waals surface area (Å²) in [6.07, 6.45) is 1.54. The Balaban J connectivity index is 1.99. The number of nitrogens with one attached hydrogen (secondary N) is 1. The number of aromatic nitrogens is 1. The van der Waals surface area contributed by atoms with Gasteiger partial charge < -0.3 is 20.0 Å². The SMILES string of the molecule is C[S+]([O-])c1ccc(Nc2oc(-c3c(F)cccc3F)nc2C(N)=O)cc1. The molecular weight excluding hydrogens is 364 g/mol. The predicted molar refractivity (Wildman–Crippen MR) is 92.4 cm³/mol. The molecule has 134 valence electrons. The maximum absolute atomic E-state index is 13.9. The topological polar surface area (TPSA) is 104 Å². The number of nitrogens with two attached hydrogens (primary N) is 1. The molecule has 9 heteroatoms. The number of anilines is 2. The highest BCUT2D eigenvalue weighted by Gasteiger charge is 2.23. The van der Waals surface area contributed by atoms with E-state index < -0.39 is 40.2 Å². The molecule has 0 bridgehead atoms. The number of carbonyl (C=O) groups is 1. The van der Waals surface area contributed by atoms with E-state index in [-0.39, 0.29) is 11.6 Å². The van der Waals surface area contributed by atoms with Gasteiger partial charge in [0.15, 0.2) is 10.6 Å². The smallest absolute Gasteiger partial charge is 0.273 e. The lowest BCUT2D eigenvalue weighted by atomic mass is 10.2. The largest absolute Gasteiger partial charge is 0.612 e. The van der Waals surface area contributed by atoms with Crippen LogP contribution < -0.4 is 11.1 Å². The summed E-state index contributed by atoms with van der Waals surface area (Å²) in [5.74, 6) is -3.26. The van der Waals surface area contributed by atoms with Gasteiger partial charge in [0.25, 0.3) is 5.91 Å². The second-order valence-electron chi connectivity index (χ2n) is 5.26. The summed E-state index contributed by atoms with van der Waals surface area (Å²) in [4.78, 5) is 16.0. The standard InChI is InChI=1S/C17H13F2N3O3S/c1-26(24)10-7-5-9(6-8-10)21-17-14(15(20)23)22-16(25-17)13-11(18)3-2-4-12(13)19/h2-8,21H,1H3,(H2,20,23). The van der Waals surface area contributed by atoms with Crippen LogP contribution in [0.25, 0.3) is 11.5 Å². The van der Waals surface area contributed by atoms with Crippen molar-refractivity contribution in [2.75, 3.05) is 11.6 Å². The molecule has 0 saturated carbocycles. The van der Waals surface area contributed by atoms with Gasteiger partial charge in [-0.3, -0.25) is 4.79 Å². The van der Waals surface area contributed by atoms with Crippen molar-refractivity contribution in [3.63, 3.8) is 0 Å². The summed E-state index contributed by atoms with van der Waals surface area (Å²) in [6.45, 7) is 0. The number of nitrogens with zero attached hydrogens (tertiary/aromatic N) is 1. The molecule has 0 fully saturated rings. The van der Waals surface area contributed by atoms with E-state index in [0.717, 1.165) is 12.1 Å². The van der Waals surface area contributed by atoms with Crippen LogP contribution in [0.1, 0.15) is 10.5 Å². The lowest BCUT2D eigenvalue weighted by Gasteiger charge is -2.06. The molecule has 3 rings (SSSR count). The first-order valence-corrected chi connectivity index (χ1v) is 8.88. The first-order chi connectivity index (χ1) is 12.4. The molecule has 3 aromatic rings. The molecule has 1 atom stereocenters. The minimum Gasteiger partial charge on any atom is -0.612 e. The fraction of sp³-hybridized carbons (Fsp3) is 0.0588. The Hall–Kier alpha value is -2.91.